The highest BCUT2D eigenvalue weighted by Crippen LogP contribution is 2.42. The summed E-state index contributed by atoms with van der Waals surface area (Å²) in [6.45, 7) is 2.28. The summed E-state index contributed by atoms with van der Waals surface area (Å²) < 4.78 is 11.5. The zero-order valence-corrected chi connectivity index (χ0v) is 13.9. The van der Waals surface area contributed by atoms with Gasteiger partial charge in [-0.1, -0.05) is 18.5 Å². The average molecular weight is 311 g/mol. The van der Waals surface area contributed by atoms with Crippen molar-refractivity contribution < 1.29 is 9.26 Å². The van der Waals surface area contributed by atoms with Crippen molar-refractivity contribution in [2.24, 2.45) is 5.92 Å². The van der Waals surface area contributed by atoms with Gasteiger partial charge in [0.1, 0.15) is 5.60 Å². The Morgan fingerprint density at radius 1 is 1.43 bits per heavy atom. The number of methoxy groups -OCH3 is 1. The molecule has 0 spiro atoms. The predicted octanol–water partition coefficient (Wildman–Crippen LogP) is 2.54. The van der Waals surface area contributed by atoms with Gasteiger partial charge in [0.15, 0.2) is 0 Å². The fourth-order valence-corrected chi connectivity index (χ4v) is 5.05. The molecular weight excluding hydrogens is 286 g/mol. The normalized spacial score (nSPS) is 37.0. The molecular formula is C15H25N3O2S. The van der Waals surface area contributed by atoms with E-state index >= 15 is 0 Å². The molecule has 4 atom stereocenters. The SMILES string of the molecule is CNC1CSCC1c1nc(C2(OC)CCCC(C)C2)no1. The molecule has 0 radical (unpaired) electrons. The molecule has 118 valence electrons. The first-order valence-electron chi connectivity index (χ1n) is 7.83. The molecule has 1 saturated carbocycles. The molecule has 2 fully saturated rings. The van der Waals surface area contributed by atoms with Gasteiger partial charge in [-0.05, 0) is 32.2 Å². The Labute approximate surface area is 130 Å². The molecule has 2 aliphatic rings. The van der Waals surface area contributed by atoms with E-state index in [4.69, 9.17) is 14.2 Å². The van der Waals surface area contributed by atoms with Crippen LogP contribution >= 0.6 is 11.8 Å². The molecule has 0 amide bonds. The Hall–Kier alpha value is -0.590. The Morgan fingerprint density at radius 2 is 2.29 bits per heavy atom. The van der Waals surface area contributed by atoms with Crippen molar-refractivity contribution in [3.05, 3.63) is 11.7 Å². The van der Waals surface area contributed by atoms with Crippen molar-refractivity contribution in [2.75, 3.05) is 25.7 Å². The van der Waals surface area contributed by atoms with Crippen LogP contribution in [-0.4, -0.2) is 41.8 Å². The summed E-state index contributed by atoms with van der Waals surface area (Å²) in [5, 5.41) is 7.63. The van der Waals surface area contributed by atoms with E-state index in [1.165, 1.54) is 6.42 Å². The second-order valence-corrected chi connectivity index (χ2v) is 7.47. The van der Waals surface area contributed by atoms with Crippen LogP contribution in [0, 0.1) is 5.92 Å². The van der Waals surface area contributed by atoms with E-state index in [0.29, 0.717) is 17.9 Å². The molecule has 6 heteroatoms. The van der Waals surface area contributed by atoms with Crippen LogP contribution in [0.5, 0.6) is 0 Å². The van der Waals surface area contributed by atoms with Gasteiger partial charge < -0.3 is 14.6 Å². The highest BCUT2D eigenvalue weighted by Gasteiger charge is 2.42. The number of hydrogen-bond acceptors (Lipinski definition) is 6. The topological polar surface area (TPSA) is 60.2 Å². The predicted molar refractivity (Wildman–Crippen MR) is 83.5 cm³/mol. The van der Waals surface area contributed by atoms with Crippen LogP contribution in [-0.2, 0) is 10.3 Å². The molecule has 1 aliphatic carbocycles. The maximum Gasteiger partial charge on any atom is 0.232 e. The summed E-state index contributed by atoms with van der Waals surface area (Å²) in [5.41, 5.74) is -0.347. The smallest absolute Gasteiger partial charge is 0.232 e. The molecule has 1 aromatic rings. The van der Waals surface area contributed by atoms with Crippen LogP contribution in [0.15, 0.2) is 4.52 Å². The number of ether oxygens (including phenoxy) is 1. The van der Waals surface area contributed by atoms with Gasteiger partial charge in [0.25, 0.3) is 0 Å². The zero-order valence-electron chi connectivity index (χ0n) is 13.1. The van der Waals surface area contributed by atoms with E-state index < -0.39 is 0 Å². The van der Waals surface area contributed by atoms with Crippen LogP contribution in [0.3, 0.4) is 0 Å². The van der Waals surface area contributed by atoms with Crippen molar-refractivity contribution in [3.63, 3.8) is 0 Å². The van der Waals surface area contributed by atoms with Gasteiger partial charge in [0.2, 0.25) is 11.7 Å². The fraction of sp³-hybridized carbons (Fsp3) is 0.867. The van der Waals surface area contributed by atoms with Crippen LogP contribution < -0.4 is 5.32 Å². The van der Waals surface area contributed by atoms with Gasteiger partial charge in [0, 0.05) is 24.7 Å². The number of rotatable bonds is 4. The monoisotopic (exact) mass is 311 g/mol. The number of hydrogen-bond donors (Lipinski definition) is 1. The lowest BCUT2D eigenvalue weighted by atomic mass is 9.78. The van der Waals surface area contributed by atoms with E-state index in [1.54, 1.807) is 7.11 Å². The van der Waals surface area contributed by atoms with Gasteiger partial charge in [-0.3, -0.25) is 0 Å². The van der Waals surface area contributed by atoms with Crippen LogP contribution in [0.2, 0.25) is 0 Å². The molecule has 1 N–H and O–H groups in total. The number of nitrogens with one attached hydrogen (secondary N) is 1. The van der Waals surface area contributed by atoms with Crippen molar-refractivity contribution >= 4 is 11.8 Å². The van der Waals surface area contributed by atoms with Gasteiger partial charge in [-0.25, -0.2) is 0 Å². The molecule has 1 aromatic heterocycles. The van der Waals surface area contributed by atoms with E-state index in [2.05, 4.69) is 17.4 Å². The van der Waals surface area contributed by atoms with Crippen molar-refractivity contribution in [1.29, 1.82) is 0 Å². The lowest BCUT2D eigenvalue weighted by Crippen LogP contribution is -2.35. The Kier molecular flexibility index (Phi) is 4.57. The van der Waals surface area contributed by atoms with Gasteiger partial charge >= 0.3 is 0 Å². The first kappa shape index (κ1) is 15.3. The van der Waals surface area contributed by atoms with Crippen molar-refractivity contribution in [1.82, 2.24) is 15.5 Å². The number of thioether (sulfide) groups is 1. The first-order valence-corrected chi connectivity index (χ1v) is 8.98. The zero-order chi connectivity index (χ0) is 14.9. The number of nitrogens with zero attached hydrogens (tertiary/aromatic N) is 2. The quantitative estimate of drug-likeness (QED) is 0.922. The standard InChI is InChI=1S/C15H25N3O2S/c1-10-5-4-6-15(7-10,19-3)14-17-13(20-18-14)11-8-21-9-12(11)16-2/h10-12,16H,4-9H2,1-3H3. The summed E-state index contributed by atoms with van der Waals surface area (Å²) >= 11 is 1.94. The summed E-state index contributed by atoms with van der Waals surface area (Å²) in [6.07, 6.45) is 4.40. The molecule has 0 bridgehead atoms. The summed E-state index contributed by atoms with van der Waals surface area (Å²) in [5.74, 6) is 4.63. The molecule has 1 saturated heterocycles. The average Bonchev–Trinajstić information content (AvgIpc) is 3.15. The third-order valence-electron chi connectivity index (χ3n) is 4.96. The molecule has 0 aromatic carbocycles. The molecule has 2 heterocycles. The Balaban J connectivity index is 1.83. The third kappa shape index (κ3) is 2.85. The van der Waals surface area contributed by atoms with Crippen LogP contribution in [0.1, 0.15) is 50.2 Å². The van der Waals surface area contributed by atoms with Gasteiger partial charge in [-0.15, -0.1) is 0 Å². The fourth-order valence-electron chi connectivity index (χ4n) is 3.64. The highest BCUT2D eigenvalue weighted by atomic mass is 32.2. The minimum absolute atomic E-state index is 0.316. The van der Waals surface area contributed by atoms with E-state index in [9.17, 15) is 0 Å². The van der Waals surface area contributed by atoms with Crippen molar-refractivity contribution in [3.8, 4) is 0 Å². The Morgan fingerprint density at radius 3 is 3.00 bits per heavy atom. The number of aromatic nitrogens is 2. The maximum atomic E-state index is 5.86. The minimum Gasteiger partial charge on any atom is -0.370 e. The third-order valence-corrected chi connectivity index (χ3v) is 6.15. The lowest BCUT2D eigenvalue weighted by Gasteiger charge is -2.36. The summed E-state index contributed by atoms with van der Waals surface area (Å²) in [4.78, 5) is 4.74. The van der Waals surface area contributed by atoms with Crippen LogP contribution in [0.4, 0.5) is 0 Å². The van der Waals surface area contributed by atoms with E-state index in [0.717, 1.165) is 42.5 Å². The minimum atomic E-state index is -0.347. The maximum absolute atomic E-state index is 5.86. The largest absolute Gasteiger partial charge is 0.370 e. The molecule has 3 rings (SSSR count). The first-order chi connectivity index (χ1) is 10.2. The van der Waals surface area contributed by atoms with Crippen LogP contribution in [0.25, 0.3) is 0 Å². The molecule has 1 aliphatic heterocycles. The van der Waals surface area contributed by atoms with Crippen molar-refractivity contribution in [2.45, 2.75) is 50.2 Å². The highest BCUT2D eigenvalue weighted by molar-refractivity contribution is 7.99. The van der Waals surface area contributed by atoms with E-state index in [1.807, 2.05) is 18.8 Å². The second kappa shape index (κ2) is 6.26. The molecule has 4 unspecified atom stereocenters. The summed E-state index contributed by atoms with van der Waals surface area (Å²) in [7, 11) is 3.77. The Bertz CT molecular complexity index is 481. The van der Waals surface area contributed by atoms with E-state index in [-0.39, 0.29) is 5.60 Å². The lowest BCUT2D eigenvalue weighted by molar-refractivity contribution is -0.0658. The number of likely N-dealkylation sites (N-methyl/N-ethyl adjacent to an activating group) is 1. The second-order valence-electron chi connectivity index (χ2n) is 6.40. The molecule has 21 heavy (non-hydrogen) atoms. The van der Waals surface area contributed by atoms with Gasteiger partial charge in [0.05, 0.1) is 5.92 Å². The summed E-state index contributed by atoms with van der Waals surface area (Å²) in [6, 6.07) is 0.423. The molecule has 5 nitrogen and oxygen atoms in total. The van der Waals surface area contributed by atoms with Gasteiger partial charge in [-0.2, -0.15) is 16.7 Å².